The molecule has 0 saturated carbocycles. The van der Waals surface area contributed by atoms with Crippen LogP contribution in [0.15, 0.2) is 0 Å². The van der Waals surface area contributed by atoms with Gasteiger partial charge in [0.05, 0.1) is 5.69 Å². The number of nitrogens with zero attached hydrogens (tertiary/aromatic N) is 3. The van der Waals surface area contributed by atoms with Crippen molar-refractivity contribution in [2.45, 2.75) is 38.3 Å². The molecule has 3 rings (SSSR count). The first-order valence-electron chi connectivity index (χ1n) is 7.23. The summed E-state index contributed by atoms with van der Waals surface area (Å²) in [5, 5.41) is 1.19. The fourth-order valence-electron chi connectivity index (χ4n) is 3.35. The van der Waals surface area contributed by atoms with Crippen LogP contribution < -0.4 is 10.6 Å². The van der Waals surface area contributed by atoms with Crippen molar-refractivity contribution in [3.63, 3.8) is 0 Å². The molecule has 0 radical (unpaired) electrons. The Morgan fingerprint density at radius 3 is 2.79 bits per heavy atom. The summed E-state index contributed by atoms with van der Waals surface area (Å²) in [7, 11) is 4.35. The lowest BCUT2D eigenvalue weighted by Gasteiger charge is -2.22. The Kier molecular flexibility index (Phi) is 3.53. The summed E-state index contributed by atoms with van der Waals surface area (Å²) in [6.45, 7) is 4.55. The van der Waals surface area contributed by atoms with Crippen LogP contribution in [0.5, 0.6) is 0 Å². The van der Waals surface area contributed by atoms with Gasteiger partial charge in [-0.2, -0.15) is 0 Å². The van der Waals surface area contributed by atoms with Gasteiger partial charge in [-0.1, -0.05) is 6.92 Å². The molecular weight excluding hydrogens is 256 g/mol. The van der Waals surface area contributed by atoms with Crippen LogP contribution in [0.3, 0.4) is 0 Å². The second kappa shape index (κ2) is 5.04. The maximum atomic E-state index is 6.18. The number of hydrogen-bond donors (Lipinski definition) is 1. The number of hydrogen-bond acceptors (Lipinski definition) is 5. The van der Waals surface area contributed by atoms with Gasteiger partial charge in [0.25, 0.3) is 0 Å². The van der Waals surface area contributed by atoms with E-state index >= 15 is 0 Å². The van der Waals surface area contributed by atoms with Gasteiger partial charge in [0.1, 0.15) is 0 Å². The number of nitrogens with two attached hydrogens (primary N) is 1. The molecule has 2 N–H and O–H groups in total. The van der Waals surface area contributed by atoms with Crippen LogP contribution in [0.2, 0.25) is 0 Å². The van der Waals surface area contributed by atoms with Gasteiger partial charge in [-0.25, -0.2) is 4.98 Å². The first-order valence-corrected chi connectivity index (χ1v) is 8.04. The van der Waals surface area contributed by atoms with E-state index in [1.54, 1.807) is 0 Å². The van der Waals surface area contributed by atoms with Crippen molar-refractivity contribution < 1.29 is 0 Å². The predicted molar refractivity (Wildman–Crippen MR) is 80.8 cm³/mol. The zero-order valence-electron chi connectivity index (χ0n) is 12.1. The largest absolute Gasteiger partial charge is 0.346 e. The van der Waals surface area contributed by atoms with Crippen molar-refractivity contribution in [3.05, 3.63) is 10.6 Å². The Balaban J connectivity index is 1.81. The van der Waals surface area contributed by atoms with Crippen molar-refractivity contribution >= 4 is 16.5 Å². The minimum atomic E-state index is 0.165. The smallest absolute Gasteiger partial charge is 0.185 e. The summed E-state index contributed by atoms with van der Waals surface area (Å²) in [5.41, 5.74) is 7.35. The molecule has 2 aliphatic rings. The third kappa shape index (κ3) is 2.39. The number of aryl methyl sites for hydroxylation is 1. The molecule has 1 aliphatic heterocycles. The van der Waals surface area contributed by atoms with Gasteiger partial charge in [-0.15, -0.1) is 11.3 Å². The SMILES string of the molecule is CC1CN(c2nc3c(s2)CCCC3N)CC1N(C)C. The highest BCUT2D eigenvalue weighted by atomic mass is 32.1. The van der Waals surface area contributed by atoms with Crippen LogP contribution >= 0.6 is 11.3 Å². The monoisotopic (exact) mass is 280 g/mol. The number of fused-ring (bicyclic) bond motifs is 1. The molecule has 4 nitrogen and oxygen atoms in total. The molecule has 0 bridgehead atoms. The van der Waals surface area contributed by atoms with E-state index in [1.165, 1.54) is 28.5 Å². The molecule has 2 heterocycles. The van der Waals surface area contributed by atoms with Gasteiger partial charge in [0, 0.05) is 30.1 Å². The van der Waals surface area contributed by atoms with Crippen molar-refractivity contribution in [3.8, 4) is 0 Å². The second-order valence-electron chi connectivity index (χ2n) is 6.22. The molecule has 0 aromatic carbocycles. The quantitative estimate of drug-likeness (QED) is 0.898. The van der Waals surface area contributed by atoms with E-state index in [-0.39, 0.29) is 6.04 Å². The molecule has 106 valence electrons. The molecule has 19 heavy (non-hydrogen) atoms. The Labute approximate surface area is 119 Å². The van der Waals surface area contributed by atoms with E-state index in [1.807, 2.05) is 11.3 Å². The fraction of sp³-hybridized carbons (Fsp3) is 0.786. The normalized spacial score (nSPS) is 31.0. The van der Waals surface area contributed by atoms with E-state index in [9.17, 15) is 0 Å². The van der Waals surface area contributed by atoms with Crippen molar-refractivity contribution in [2.24, 2.45) is 11.7 Å². The Morgan fingerprint density at radius 2 is 2.16 bits per heavy atom. The summed E-state index contributed by atoms with van der Waals surface area (Å²) in [4.78, 5) is 11.1. The van der Waals surface area contributed by atoms with E-state index < -0.39 is 0 Å². The summed E-state index contributed by atoms with van der Waals surface area (Å²) in [6.07, 6.45) is 3.47. The lowest BCUT2D eigenvalue weighted by Crippen LogP contribution is -2.34. The van der Waals surface area contributed by atoms with Crippen LogP contribution in [0.1, 0.15) is 36.4 Å². The molecule has 1 aromatic rings. The van der Waals surface area contributed by atoms with Crippen LogP contribution in [-0.4, -0.2) is 43.1 Å². The number of likely N-dealkylation sites (N-methyl/N-ethyl adjacent to an activating group) is 1. The molecule has 1 fully saturated rings. The number of anilines is 1. The van der Waals surface area contributed by atoms with Gasteiger partial charge in [0.2, 0.25) is 0 Å². The summed E-state index contributed by atoms with van der Waals surface area (Å²) in [5.74, 6) is 0.699. The van der Waals surface area contributed by atoms with Gasteiger partial charge < -0.3 is 15.5 Å². The molecule has 0 amide bonds. The Hall–Kier alpha value is -0.650. The van der Waals surface area contributed by atoms with Crippen molar-refractivity contribution in [1.29, 1.82) is 0 Å². The summed E-state index contributed by atoms with van der Waals surface area (Å²) in [6, 6.07) is 0.799. The number of rotatable bonds is 2. The van der Waals surface area contributed by atoms with E-state index in [0.29, 0.717) is 12.0 Å². The van der Waals surface area contributed by atoms with Gasteiger partial charge in [0.15, 0.2) is 5.13 Å². The minimum Gasteiger partial charge on any atom is -0.346 e. The van der Waals surface area contributed by atoms with Gasteiger partial charge in [-0.3, -0.25) is 0 Å². The van der Waals surface area contributed by atoms with Crippen LogP contribution in [-0.2, 0) is 6.42 Å². The topological polar surface area (TPSA) is 45.4 Å². The average Bonchev–Trinajstić information content (AvgIpc) is 2.93. The molecule has 5 heteroatoms. The lowest BCUT2D eigenvalue weighted by molar-refractivity contribution is 0.266. The first kappa shape index (κ1) is 13.3. The molecule has 1 aromatic heterocycles. The Bertz CT molecular complexity index is 456. The van der Waals surface area contributed by atoms with Gasteiger partial charge >= 0.3 is 0 Å². The van der Waals surface area contributed by atoms with Crippen LogP contribution in [0, 0.1) is 5.92 Å². The van der Waals surface area contributed by atoms with Gasteiger partial charge in [-0.05, 0) is 39.3 Å². The first-order chi connectivity index (χ1) is 9.06. The van der Waals surface area contributed by atoms with E-state index in [0.717, 1.165) is 19.5 Å². The second-order valence-corrected chi connectivity index (χ2v) is 7.28. The highest BCUT2D eigenvalue weighted by molar-refractivity contribution is 7.15. The summed E-state index contributed by atoms with van der Waals surface area (Å²) < 4.78 is 0. The lowest BCUT2D eigenvalue weighted by atomic mass is 9.99. The van der Waals surface area contributed by atoms with Crippen LogP contribution in [0.4, 0.5) is 5.13 Å². The standard InChI is InChI=1S/C14H24N4S/c1-9-7-18(8-11(9)17(2)3)14-16-13-10(15)5-4-6-12(13)19-14/h9-11H,4-8,15H2,1-3H3. The third-order valence-corrected chi connectivity index (χ3v) is 5.68. The predicted octanol–water partition coefficient (Wildman–Crippen LogP) is 1.87. The van der Waals surface area contributed by atoms with Crippen molar-refractivity contribution in [2.75, 3.05) is 32.1 Å². The maximum Gasteiger partial charge on any atom is 0.185 e. The zero-order valence-corrected chi connectivity index (χ0v) is 12.9. The molecule has 0 spiro atoms. The minimum absolute atomic E-state index is 0.165. The average molecular weight is 280 g/mol. The Morgan fingerprint density at radius 1 is 1.37 bits per heavy atom. The van der Waals surface area contributed by atoms with E-state index in [2.05, 4.69) is 30.8 Å². The van der Waals surface area contributed by atoms with Crippen molar-refractivity contribution in [1.82, 2.24) is 9.88 Å². The maximum absolute atomic E-state index is 6.18. The molecule has 1 aliphatic carbocycles. The zero-order chi connectivity index (χ0) is 13.6. The molecule has 3 atom stereocenters. The summed E-state index contributed by atoms with van der Waals surface area (Å²) >= 11 is 1.87. The highest BCUT2D eigenvalue weighted by Crippen LogP contribution is 2.37. The third-order valence-electron chi connectivity index (χ3n) is 4.49. The van der Waals surface area contributed by atoms with E-state index in [4.69, 9.17) is 10.7 Å². The molecule has 1 saturated heterocycles. The highest BCUT2D eigenvalue weighted by Gasteiger charge is 2.33. The number of aromatic nitrogens is 1. The fourth-order valence-corrected chi connectivity index (χ4v) is 4.54. The number of thiazole rings is 1. The molecule has 3 unspecified atom stereocenters. The molecular formula is C14H24N4S. The van der Waals surface area contributed by atoms with Crippen LogP contribution in [0.25, 0.3) is 0 Å².